The third-order valence-electron chi connectivity index (χ3n) is 5.96. The highest BCUT2D eigenvalue weighted by atomic mass is 31.2. The number of amides is 1. The van der Waals surface area contributed by atoms with Crippen molar-refractivity contribution in [2.75, 3.05) is 19.0 Å². The third-order valence-corrected chi connectivity index (χ3v) is 8.08. The smallest absolute Gasteiger partial charge is 0.280 e. The minimum absolute atomic E-state index is 0.0212. The van der Waals surface area contributed by atoms with E-state index in [1.165, 1.54) is 17.8 Å². The van der Waals surface area contributed by atoms with Crippen molar-refractivity contribution in [3.63, 3.8) is 0 Å². The topological polar surface area (TPSA) is 157 Å². The van der Waals surface area contributed by atoms with Gasteiger partial charge in [-0.2, -0.15) is 10.2 Å². The largest absolute Gasteiger partial charge is 0.374 e. The van der Waals surface area contributed by atoms with E-state index in [0.717, 1.165) is 0 Å². The zero-order valence-electron chi connectivity index (χ0n) is 28.2. The quantitative estimate of drug-likeness (QED) is 0.269. The van der Waals surface area contributed by atoms with E-state index in [9.17, 15) is 9.59 Å². The van der Waals surface area contributed by atoms with Crippen LogP contribution in [0.15, 0.2) is 11.1 Å². The number of ether oxygens (including phenoxy) is 2. The summed E-state index contributed by atoms with van der Waals surface area (Å²) in [7, 11) is -4.95. The second kappa shape index (κ2) is 13.7. The molecule has 0 saturated carbocycles. The lowest BCUT2D eigenvalue weighted by molar-refractivity contribution is -0.118. The standard InChI is InChI=1S/C25H40N7O6P/c1-9-17-19(38-39(36-12-10-11-26)32(15(4)5)16(6)7)20(35-8)24(37-17)31-13-27-18-21(31)28-25(30-23(18)34)29-22(33)14(2)3/h13-17,19-20,24H,9-10,12H2,1-8H3,(H2,28,29,30,33,34)/t17-,19-,20-,24-,39?/m1/s1/i8D3,9D2. The number of aromatic nitrogens is 4. The fourth-order valence-electron chi connectivity index (χ4n) is 4.17. The number of nitriles is 1. The molecule has 1 aliphatic rings. The minimum Gasteiger partial charge on any atom is -0.374 e. The molecule has 14 heteroatoms. The molecule has 2 aromatic rings. The number of hydrogen-bond acceptors (Lipinski definition) is 10. The van der Waals surface area contributed by atoms with Gasteiger partial charge in [0.25, 0.3) is 14.1 Å². The Bertz CT molecular complexity index is 1380. The van der Waals surface area contributed by atoms with E-state index in [1.54, 1.807) is 13.8 Å². The monoisotopic (exact) mass is 570 g/mol. The molecule has 3 heterocycles. The van der Waals surface area contributed by atoms with Gasteiger partial charge in [-0.1, -0.05) is 20.8 Å². The van der Waals surface area contributed by atoms with Gasteiger partial charge in [-0.05, 0) is 34.1 Å². The molecular formula is C25H40N7O6P. The molecule has 5 atom stereocenters. The Balaban J connectivity index is 2.16. The highest BCUT2D eigenvalue weighted by Crippen LogP contribution is 2.50. The van der Waals surface area contributed by atoms with Crippen molar-refractivity contribution >= 4 is 31.5 Å². The Morgan fingerprint density at radius 2 is 2.08 bits per heavy atom. The summed E-state index contributed by atoms with van der Waals surface area (Å²) < 4.78 is 68.2. The van der Waals surface area contributed by atoms with Gasteiger partial charge in [0.15, 0.2) is 17.4 Å². The number of rotatable bonds is 13. The Kier molecular flexibility index (Phi) is 8.58. The van der Waals surface area contributed by atoms with Gasteiger partial charge in [0.1, 0.15) is 12.2 Å². The van der Waals surface area contributed by atoms with Crippen LogP contribution in [0.3, 0.4) is 0 Å². The predicted octanol–water partition coefficient (Wildman–Crippen LogP) is 3.70. The van der Waals surface area contributed by atoms with Gasteiger partial charge in [-0.15, -0.1) is 0 Å². The fraction of sp³-hybridized carbons (Fsp3) is 0.720. The molecule has 216 valence electrons. The first-order valence-corrected chi connectivity index (χ1v) is 13.8. The van der Waals surface area contributed by atoms with Crippen LogP contribution in [0.25, 0.3) is 11.2 Å². The summed E-state index contributed by atoms with van der Waals surface area (Å²) in [6.07, 6.45) is -6.39. The maximum atomic E-state index is 12.8. The van der Waals surface area contributed by atoms with E-state index in [-0.39, 0.29) is 42.2 Å². The maximum Gasteiger partial charge on any atom is 0.280 e. The van der Waals surface area contributed by atoms with Crippen molar-refractivity contribution in [1.82, 2.24) is 24.2 Å². The molecule has 1 unspecified atom stereocenters. The molecule has 0 aliphatic carbocycles. The van der Waals surface area contributed by atoms with Gasteiger partial charge >= 0.3 is 0 Å². The van der Waals surface area contributed by atoms with Crippen molar-refractivity contribution < 1.29 is 30.2 Å². The number of aromatic amines is 1. The van der Waals surface area contributed by atoms with Crippen LogP contribution in [0.4, 0.5) is 5.95 Å². The number of fused-ring (bicyclic) bond motifs is 1. The van der Waals surface area contributed by atoms with Crippen LogP contribution in [0, 0.1) is 17.2 Å². The Labute approximate surface area is 237 Å². The summed E-state index contributed by atoms with van der Waals surface area (Å²) in [5.41, 5.74) is -0.864. The molecule has 0 radical (unpaired) electrons. The highest BCUT2D eigenvalue weighted by Gasteiger charge is 2.49. The summed E-state index contributed by atoms with van der Waals surface area (Å²) in [5.74, 6) is -0.983. The first kappa shape index (κ1) is 24.3. The van der Waals surface area contributed by atoms with Crippen LogP contribution < -0.4 is 10.9 Å². The van der Waals surface area contributed by atoms with Gasteiger partial charge in [0.2, 0.25) is 11.9 Å². The van der Waals surface area contributed by atoms with Gasteiger partial charge in [0, 0.05) is 27.8 Å². The molecule has 1 amide bonds. The second-order valence-electron chi connectivity index (χ2n) is 9.82. The number of carbonyl (C=O) groups is 1. The number of methoxy groups -OCH3 is 1. The summed E-state index contributed by atoms with van der Waals surface area (Å²) in [4.78, 5) is 36.0. The third kappa shape index (κ3) is 7.01. The Morgan fingerprint density at radius 3 is 2.67 bits per heavy atom. The lowest BCUT2D eigenvalue weighted by Gasteiger charge is -2.38. The van der Waals surface area contributed by atoms with E-state index in [0.29, 0.717) is 0 Å². The lowest BCUT2D eigenvalue weighted by atomic mass is 10.1. The van der Waals surface area contributed by atoms with Crippen LogP contribution in [0.1, 0.15) is 74.3 Å². The van der Waals surface area contributed by atoms with Crippen molar-refractivity contribution in [2.24, 2.45) is 5.92 Å². The summed E-state index contributed by atoms with van der Waals surface area (Å²) >= 11 is 0. The van der Waals surface area contributed by atoms with Crippen LogP contribution in [-0.4, -0.2) is 74.1 Å². The van der Waals surface area contributed by atoms with Gasteiger partial charge in [0.05, 0.1) is 35.6 Å². The predicted molar refractivity (Wildman–Crippen MR) is 147 cm³/mol. The number of nitrogens with zero attached hydrogens (tertiary/aromatic N) is 5. The normalized spacial score (nSPS) is 24.9. The average molecular weight is 571 g/mol. The molecule has 1 fully saturated rings. The second-order valence-corrected chi connectivity index (χ2v) is 11.2. The van der Waals surface area contributed by atoms with Crippen molar-refractivity contribution in [3.8, 4) is 6.07 Å². The zero-order valence-corrected chi connectivity index (χ0v) is 24.1. The molecular weight excluding hydrogens is 525 g/mol. The van der Waals surface area contributed by atoms with Crippen LogP contribution >= 0.6 is 8.53 Å². The minimum atomic E-state index is -2.97. The summed E-state index contributed by atoms with van der Waals surface area (Å²) in [5, 5.41) is 11.6. The van der Waals surface area contributed by atoms with E-state index in [4.69, 9.17) is 30.6 Å². The molecule has 39 heavy (non-hydrogen) atoms. The van der Waals surface area contributed by atoms with Gasteiger partial charge in [-0.3, -0.25) is 24.5 Å². The number of carbonyl (C=O) groups excluding carboxylic acids is 1. The number of anilines is 1. The van der Waals surface area contributed by atoms with Crippen molar-refractivity contribution in [1.29, 1.82) is 5.26 Å². The van der Waals surface area contributed by atoms with E-state index < -0.39 is 63.9 Å². The Morgan fingerprint density at radius 1 is 1.36 bits per heavy atom. The van der Waals surface area contributed by atoms with E-state index >= 15 is 0 Å². The van der Waals surface area contributed by atoms with Crippen molar-refractivity contribution in [3.05, 3.63) is 16.7 Å². The zero-order chi connectivity index (χ0) is 33.1. The first-order valence-electron chi connectivity index (χ1n) is 15.2. The molecule has 13 nitrogen and oxygen atoms in total. The number of hydrogen-bond donors (Lipinski definition) is 2. The Hall–Kier alpha value is -2.46. The summed E-state index contributed by atoms with van der Waals surface area (Å²) in [6.45, 7) is 12.3. The van der Waals surface area contributed by atoms with Crippen molar-refractivity contribution in [2.45, 2.75) is 97.9 Å². The molecule has 3 rings (SSSR count). The SMILES string of the molecule is [2H]C([2H])([2H])O[C@@H]1[C@H](OP(OCCC#N)N(C(C)C)C(C)C)[C@@H](C([2H])([2H])C)O[C@H]1n1cnc2c(=O)[nH]c(NC(=O)C(C)C)nc21. The van der Waals surface area contributed by atoms with Gasteiger partial charge in [-0.25, -0.2) is 9.65 Å². The molecule has 1 aliphatic heterocycles. The molecule has 0 spiro atoms. The highest BCUT2D eigenvalue weighted by molar-refractivity contribution is 7.44. The fourth-order valence-corrected chi connectivity index (χ4v) is 5.91. The number of H-pyrrole nitrogens is 1. The molecule has 0 bridgehead atoms. The number of nitrogens with one attached hydrogen (secondary N) is 2. The number of imidazole rings is 1. The van der Waals surface area contributed by atoms with Crippen LogP contribution in [0.2, 0.25) is 0 Å². The summed E-state index contributed by atoms with van der Waals surface area (Å²) in [6, 6.07) is 1.81. The van der Waals surface area contributed by atoms with E-state index in [1.807, 2.05) is 38.4 Å². The lowest BCUT2D eigenvalue weighted by Crippen LogP contribution is -2.39. The van der Waals surface area contributed by atoms with Crippen LogP contribution in [0.5, 0.6) is 0 Å². The van der Waals surface area contributed by atoms with E-state index in [2.05, 4.69) is 20.3 Å². The molecule has 1 saturated heterocycles. The average Bonchev–Trinajstić information content (AvgIpc) is 3.44. The molecule has 2 aromatic heterocycles. The molecule has 2 N–H and O–H groups in total. The maximum absolute atomic E-state index is 12.8. The van der Waals surface area contributed by atoms with Gasteiger partial charge < -0.3 is 18.5 Å². The first-order chi connectivity index (χ1) is 20.4. The molecule has 0 aromatic carbocycles. The van der Waals surface area contributed by atoms with Crippen LogP contribution in [-0.2, 0) is 23.3 Å².